The molecular weight excluding hydrogens is 362 g/mol. The second-order valence-corrected chi connectivity index (χ2v) is 7.41. The Hall–Kier alpha value is -2.27. The van der Waals surface area contributed by atoms with Crippen molar-refractivity contribution in [1.82, 2.24) is 0 Å². The lowest BCUT2D eigenvalue weighted by molar-refractivity contribution is -0.161. The van der Waals surface area contributed by atoms with Gasteiger partial charge in [-0.15, -0.1) is 0 Å². The molecule has 0 amide bonds. The standard InChI is InChI=1S/C23H26F2O3/c1-2-28-22(26)21(16-6-4-3-5-7-16)23(27,17-8-12-19(24)13-9-17)18-10-14-20(25)15-11-18/h8-16,21,27H,2-7H2,1H3. The lowest BCUT2D eigenvalue weighted by Crippen LogP contribution is -2.46. The summed E-state index contributed by atoms with van der Waals surface area (Å²) in [5, 5.41) is 12.0. The van der Waals surface area contributed by atoms with Crippen molar-refractivity contribution < 1.29 is 23.4 Å². The van der Waals surface area contributed by atoms with E-state index < -0.39 is 29.1 Å². The third kappa shape index (κ3) is 4.09. The first-order valence-electron chi connectivity index (χ1n) is 9.88. The molecule has 1 saturated carbocycles. The second-order valence-electron chi connectivity index (χ2n) is 7.41. The van der Waals surface area contributed by atoms with E-state index in [1.54, 1.807) is 6.92 Å². The Morgan fingerprint density at radius 2 is 1.46 bits per heavy atom. The summed E-state index contributed by atoms with van der Waals surface area (Å²) in [6.45, 7) is 1.93. The fourth-order valence-electron chi connectivity index (χ4n) is 4.34. The number of rotatable bonds is 6. The zero-order valence-corrected chi connectivity index (χ0v) is 16.0. The van der Waals surface area contributed by atoms with Crippen molar-refractivity contribution in [3.63, 3.8) is 0 Å². The van der Waals surface area contributed by atoms with Gasteiger partial charge in [-0.05, 0) is 61.1 Å². The fraction of sp³-hybridized carbons (Fsp3) is 0.435. The van der Waals surface area contributed by atoms with E-state index >= 15 is 0 Å². The van der Waals surface area contributed by atoms with Crippen LogP contribution in [0, 0.1) is 23.5 Å². The molecule has 2 aromatic rings. The van der Waals surface area contributed by atoms with Gasteiger partial charge in [0.15, 0.2) is 0 Å². The van der Waals surface area contributed by atoms with Gasteiger partial charge in [0.2, 0.25) is 0 Å². The molecule has 1 aliphatic carbocycles. The number of carbonyl (C=O) groups is 1. The Labute approximate surface area is 164 Å². The first kappa shape index (κ1) is 20.5. The molecule has 1 atom stereocenters. The first-order chi connectivity index (χ1) is 13.5. The van der Waals surface area contributed by atoms with E-state index in [-0.39, 0.29) is 12.5 Å². The molecule has 3 nitrogen and oxygen atoms in total. The minimum atomic E-state index is -1.74. The van der Waals surface area contributed by atoms with Crippen LogP contribution < -0.4 is 0 Å². The van der Waals surface area contributed by atoms with Crippen molar-refractivity contribution in [2.75, 3.05) is 6.61 Å². The van der Waals surface area contributed by atoms with Crippen LogP contribution in [0.25, 0.3) is 0 Å². The highest BCUT2D eigenvalue weighted by molar-refractivity contribution is 5.76. The minimum Gasteiger partial charge on any atom is -0.466 e. The van der Waals surface area contributed by atoms with E-state index in [4.69, 9.17) is 4.74 Å². The van der Waals surface area contributed by atoms with Gasteiger partial charge in [0.1, 0.15) is 17.2 Å². The predicted molar refractivity (Wildman–Crippen MR) is 102 cm³/mol. The van der Waals surface area contributed by atoms with Crippen LogP contribution >= 0.6 is 0 Å². The molecule has 0 aromatic heterocycles. The van der Waals surface area contributed by atoms with Crippen LogP contribution in [0.2, 0.25) is 0 Å². The average molecular weight is 388 g/mol. The van der Waals surface area contributed by atoms with Crippen molar-refractivity contribution in [2.24, 2.45) is 11.8 Å². The summed E-state index contributed by atoms with van der Waals surface area (Å²) in [5.41, 5.74) is -0.955. The number of hydrogen-bond donors (Lipinski definition) is 1. The van der Waals surface area contributed by atoms with E-state index in [0.29, 0.717) is 11.1 Å². The van der Waals surface area contributed by atoms with Crippen LogP contribution in [-0.2, 0) is 15.1 Å². The zero-order chi connectivity index (χ0) is 20.1. The maximum atomic E-state index is 13.5. The SMILES string of the molecule is CCOC(=O)C(C1CCCCC1)C(O)(c1ccc(F)cc1)c1ccc(F)cc1. The molecule has 0 radical (unpaired) electrons. The van der Waals surface area contributed by atoms with Crippen LogP contribution in [0.15, 0.2) is 48.5 Å². The molecule has 0 aliphatic heterocycles. The summed E-state index contributed by atoms with van der Waals surface area (Å²) < 4.78 is 32.4. The molecule has 2 aromatic carbocycles. The van der Waals surface area contributed by atoms with Gasteiger partial charge in [-0.2, -0.15) is 0 Å². The van der Waals surface area contributed by atoms with E-state index in [2.05, 4.69) is 0 Å². The summed E-state index contributed by atoms with van der Waals surface area (Å²) in [5.74, 6) is -2.28. The van der Waals surface area contributed by atoms with Gasteiger partial charge in [0, 0.05) is 0 Å². The summed E-state index contributed by atoms with van der Waals surface area (Å²) in [4.78, 5) is 13.0. The number of carbonyl (C=O) groups excluding carboxylic acids is 1. The number of halogens is 2. The predicted octanol–water partition coefficient (Wildman–Crippen LogP) is 4.96. The van der Waals surface area contributed by atoms with Gasteiger partial charge in [0.05, 0.1) is 12.5 Å². The Bertz CT molecular complexity index is 735. The van der Waals surface area contributed by atoms with Crippen molar-refractivity contribution in [2.45, 2.75) is 44.6 Å². The van der Waals surface area contributed by atoms with Gasteiger partial charge in [-0.3, -0.25) is 4.79 Å². The third-order valence-electron chi connectivity index (χ3n) is 5.68. The molecule has 0 saturated heterocycles. The molecule has 1 aliphatic rings. The van der Waals surface area contributed by atoms with Gasteiger partial charge in [0.25, 0.3) is 0 Å². The Morgan fingerprint density at radius 1 is 1.00 bits per heavy atom. The molecule has 0 spiro atoms. The van der Waals surface area contributed by atoms with Gasteiger partial charge in [-0.1, -0.05) is 43.5 Å². The Balaban J connectivity index is 2.16. The molecule has 3 rings (SSSR count). The van der Waals surface area contributed by atoms with Crippen molar-refractivity contribution >= 4 is 5.97 Å². The average Bonchev–Trinajstić information content (AvgIpc) is 2.70. The third-order valence-corrected chi connectivity index (χ3v) is 5.68. The summed E-state index contributed by atoms with van der Waals surface area (Å²) in [7, 11) is 0. The second kappa shape index (κ2) is 8.82. The zero-order valence-electron chi connectivity index (χ0n) is 16.0. The molecule has 0 bridgehead atoms. The topological polar surface area (TPSA) is 46.5 Å². The van der Waals surface area contributed by atoms with E-state index in [1.165, 1.54) is 48.5 Å². The largest absolute Gasteiger partial charge is 0.466 e. The van der Waals surface area contributed by atoms with Crippen LogP contribution in [0.5, 0.6) is 0 Å². The first-order valence-corrected chi connectivity index (χ1v) is 9.88. The van der Waals surface area contributed by atoms with Gasteiger partial charge < -0.3 is 9.84 Å². The molecule has 0 heterocycles. The van der Waals surface area contributed by atoms with Crippen molar-refractivity contribution in [1.29, 1.82) is 0 Å². The maximum Gasteiger partial charge on any atom is 0.312 e. The molecule has 150 valence electrons. The van der Waals surface area contributed by atoms with Gasteiger partial charge in [-0.25, -0.2) is 8.78 Å². The molecule has 1 unspecified atom stereocenters. The van der Waals surface area contributed by atoms with E-state index in [0.717, 1.165) is 32.1 Å². The lowest BCUT2D eigenvalue weighted by atomic mass is 9.66. The molecule has 28 heavy (non-hydrogen) atoms. The minimum absolute atomic E-state index is 0.0760. The maximum absolute atomic E-state index is 13.5. The van der Waals surface area contributed by atoms with Crippen LogP contribution in [0.3, 0.4) is 0 Å². The quantitative estimate of drug-likeness (QED) is 0.712. The molecule has 1 N–H and O–H groups in total. The van der Waals surface area contributed by atoms with E-state index in [1.807, 2.05) is 0 Å². The number of hydrogen-bond acceptors (Lipinski definition) is 3. The molecule has 5 heteroatoms. The monoisotopic (exact) mass is 388 g/mol. The summed E-state index contributed by atoms with van der Waals surface area (Å²) >= 11 is 0. The smallest absolute Gasteiger partial charge is 0.312 e. The highest BCUT2D eigenvalue weighted by Crippen LogP contribution is 2.45. The summed E-state index contributed by atoms with van der Waals surface area (Å²) in [6, 6.07) is 10.9. The number of esters is 1. The number of aliphatic hydroxyl groups is 1. The van der Waals surface area contributed by atoms with Crippen molar-refractivity contribution in [3.8, 4) is 0 Å². The lowest BCUT2D eigenvalue weighted by Gasteiger charge is -2.41. The van der Waals surface area contributed by atoms with Crippen LogP contribution in [-0.4, -0.2) is 17.7 Å². The molecule has 1 fully saturated rings. The van der Waals surface area contributed by atoms with Crippen LogP contribution in [0.4, 0.5) is 8.78 Å². The van der Waals surface area contributed by atoms with Crippen molar-refractivity contribution in [3.05, 3.63) is 71.3 Å². The van der Waals surface area contributed by atoms with Gasteiger partial charge >= 0.3 is 5.97 Å². The highest BCUT2D eigenvalue weighted by atomic mass is 19.1. The number of benzene rings is 2. The Kier molecular flexibility index (Phi) is 6.45. The fourth-order valence-corrected chi connectivity index (χ4v) is 4.34. The molecular formula is C23H26F2O3. The highest BCUT2D eigenvalue weighted by Gasteiger charge is 2.49. The van der Waals surface area contributed by atoms with E-state index in [9.17, 15) is 18.7 Å². The van der Waals surface area contributed by atoms with Crippen LogP contribution in [0.1, 0.15) is 50.2 Å². The Morgan fingerprint density at radius 3 is 1.89 bits per heavy atom. The number of ether oxygens (including phenoxy) is 1. The summed E-state index contributed by atoms with van der Waals surface area (Å²) in [6.07, 6.45) is 4.65. The normalized spacial score (nSPS) is 16.6.